The summed E-state index contributed by atoms with van der Waals surface area (Å²) in [5, 5.41) is 0. The van der Waals surface area contributed by atoms with E-state index < -0.39 is 17.9 Å². The first-order chi connectivity index (χ1) is 11.1. The molecule has 0 spiro atoms. The van der Waals surface area contributed by atoms with Crippen molar-refractivity contribution in [1.29, 1.82) is 0 Å². The van der Waals surface area contributed by atoms with Gasteiger partial charge in [0.05, 0.1) is 13.2 Å². The van der Waals surface area contributed by atoms with Gasteiger partial charge < -0.3 is 9.47 Å². The van der Waals surface area contributed by atoms with Crippen LogP contribution in [0.4, 0.5) is 0 Å². The van der Waals surface area contributed by atoms with Crippen LogP contribution >= 0.6 is 0 Å². The van der Waals surface area contributed by atoms with E-state index >= 15 is 0 Å². The van der Waals surface area contributed by atoms with Gasteiger partial charge in [0.25, 0.3) is 0 Å². The number of carbonyl (C=O) groups is 2. The topological polar surface area (TPSA) is 52.6 Å². The minimum atomic E-state index is -0.914. The molecular formula is C20H30O4. The molecule has 0 saturated carbocycles. The molecule has 0 radical (unpaired) electrons. The van der Waals surface area contributed by atoms with E-state index in [9.17, 15) is 9.59 Å². The normalized spacial score (nSPS) is 11.5. The van der Waals surface area contributed by atoms with Crippen LogP contribution in [0.5, 0.6) is 0 Å². The molecule has 1 aromatic rings. The highest BCUT2D eigenvalue weighted by molar-refractivity contribution is 5.95. The number of rotatable bonds is 6. The Labute approximate surface area is 145 Å². The summed E-state index contributed by atoms with van der Waals surface area (Å²) in [5.74, 6) is -1.95. The molecule has 0 N–H and O–H groups in total. The van der Waals surface area contributed by atoms with E-state index in [0.29, 0.717) is 6.42 Å². The first-order valence-corrected chi connectivity index (χ1v) is 8.55. The Balaban J connectivity index is 3.18. The van der Waals surface area contributed by atoms with Crippen LogP contribution in [0.2, 0.25) is 0 Å². The number of hydrogen-bond donors (Lipinski definition) is 0. The van der Waals surface area contributed by atoms with Crippen molar-refractivity contribution in [2.24, 2.45) is 5.92 Å². The Morgan fingerprint density at radius 2 is 1.38 bits per heavy atom. The van der Waals surface area contributed by atoms with Gasteiger partial charge in [-0.05, 0) is 61.8 Å². The van der Waals surface area contributed by atoms with Crippen molar-refractivity contribution in [2.75, 3.05) is 13.2 Å². The van der Waals surface area contributed by atoms with Gasteiger partial charge in [-0.3, -0.25) is 9.59 Å². The Kier molecular flexibility index (Phi) is 7.00. The molecule has 0 unspecified atom stereocenters. The second-order valence-corrected chi connectivity index (χ2v) is 7.10. The van der Waals surface area contributed by atoms with Crippen LogP contribution in [0.1, 0.15) is 56.9 Å². The van der Waals surface area contributed by atoms with E-state index in [-0.39, 0.29) is 18.6 Å². The zero-order valence-electron chi connectivity index (χ0n) is 16.0. The molecule has 0 aliphatic rings. The van der Waals surface area contributed by atoms with Crippen LogP contribution in [0, 0.1) is 19.8 Å². The molecule has 134 valence electrons. The molecule has 0 heterocycles. The lowest BCUT2D eigenvalue weighted by Gasteiger charge is -2.23. The van der Waals surface area contributed by atoms with Gasteiger partial charge in [0, 0.05) is 0 Å². The maximum Gasteiger partial charge on any atom is 0.320 e. The van der Waals surface area contributed by atoms with E-state index in [0.717, 1.165) is 16.7 Å². The third-order valence-corrected chi connectivity index (χ3v) is 4.11. The highest BCUT2D eigenvalue weighted by atomic mass is 16.6. The number of carbonyl (C=O) groups excluding carboxylic acids is 2. The van der Waals surface area contributed by atoms with E-state index in [1.54, 1.807) is 13.8 Å². The summed E-state index contributed by atoms with van der Waals surface area (Å²) in [6.07, 6.45) is 0.305. The fourth-order valence-electron chi connectivity index (χ4n) is 2.70. The summed E-state index contributed by atoms with van der Waals surface area (Å²) in [7, 11) is 0. The van der Waals surface area contributed by atoms with Gasteiger partial charge in [0.1, 0.15) is 0 Å². The number of hydrogen-bond acceptors (Lipinski definition) is 4. The highest BCUT2D eigenvalue weighted by Crippen LogP contribution is 2.28. The summed E-state index contributed by atoms with van der Waals surface area (Å²) in [6.45, 7) is 14.5. The van der Waals surface area contributed by atoms with Crippen molar-refractivity contribution in [3.8, 4) is 0 Å². The van der Waals surface area contributed by atoms with E-state index in [2.05, 4.69) is 32.9 Å². The van der Waals surface area contributed by atoms with Crippen LogP contribution < -0.4 is 0 Å². The minimum absolute atomic E-state index is 0.0513. The molecular weight excluding hydrogens is 304 g/mol. The molecule has 0 amide bonds. The SMILES string of the molecule is CCOC(=O)C(Cc1c(C)cc(C(C)(C)C)cc1C)C(=O)OCC. The molecule has 1 aromatic carbocycles. The number of esters is 2. The van der Waals surface area contributed by atoms with Gasteiger partial charge in [-0.15, -0.1) is 0 Å². The van der Waals surface area contributed by atoms with Crippen LogP contribution in [0.3, 0.4) is 0 Å². The quantitative estimate of drug-likeness (QED) is 0.585. The first kappa shape index (κ1) is 20.2. The van der Waals surface area contributed by atoms with Crippen LogP contribution in [0.15, 0.2) is 12.1 Å². The Bertz CT molecular complexity index is 555. The fraction of sp³-hybridized carbons (Fsp3) is 0.600. The number of aryl methyl sites for hydroxylation is 2. The van der Waals surface area contributed by atoms with Crippen molar-refractivity contribution in [2.45, 2.75) is 60.3 Å². The Morgan fingerprint density at radius 3 is 1.71 bits per heavy atom. The van der Waals surface area contributed by atoms with Crippen LogP contribution in [0.25, 0.3) is 0 Å². The smallest absolute Gasteiger partial charge is 0.320 e. The molecule has 0 bridgehead atoms. The third-order valence-electron chi connectivity index (χ3n) is 4.11. The predicted octanol–water partition coefficient (Wildman–Crippen LogP) is 3.89. The lowest BCUT2D eigenvalue weighted by Crippen LogP contribution is -2.30. The molecule has 4 nitrogen and oxygen atoms in total. The molecule has 0 aromatic heterocycles. The lowest BCUT2D eigenvalue weighted by molar-refractivity contribution is -0.161. The highest BCUT2D eigenvalue weighted by Gasteiger charge is 2.31. The molecule has 0 saturated heterocycles. The fourth-order valence-corrected chi connectivity index (χ4v) is 2.70. The van der Waals surface area contributed by atoms with Crippen molar-refractivity contribution in [1.82, 2.24) is 0 Å². The van der Waals surface area contributed by atoms with E-state index in [1.165, 1.54) is 5.56 Å². The standard InChI is InChI=1S/C20H30O4/c1-8-23-18(21)17(19(22)24-9-2)12-16-13(3)10-15(11-14(16)4)20(5,6)7/h10-11,17H,8-9,12H2,1-7H3. The Morgan fingerprint density at radius 1 is 0.958 bits per heavy atom. The summed E-state index contributed by atoms with van der Waals surface area (Å²) in [5.41, 5.74) is 4.46. The van der Waals surface area contributed by atoms with E-state index in [1.807, 2.05) is 13.8 Å². The lowest BCUT2D eigenvalue weighted by atomic mass is 9.82. The summed E-state index contributed by atoms with van der Waals surface area (Å²) >= 11 is 0. The van der Waals surface area contributed by atoms with Gasteiger partial charge in [-0.1, -0.05) is 32.9 Å². The second kappa shape index (κ2) is 8.32. The maximum atomic E-state index is 12.2. The van der Waals surface area contributed by atoms with Gasteiger partial charge in [-0.25, -0.2) is 0 Å². The first-order valence-electron chi connectivity index (χ1n) is 8.55. The summed E-state index contributed by atoms with van der Waals surface area (Å²) in [4.78, 5) is 24.4. The van der Waals surface area contributed by atoms with Gasteiger partial charge in [-0.2, -0.15) is 0 Å². The minimum Gasteiger partial charge on any atom is -0.465 e. The largest absolute Gasteiger partial charge is 0.465 e. The van der Waals surface area contributed by atoms with Crippen LogP contribution in [-0.4, -0.2) is 25.2 Å². The van der Waals surface area contributed by atoms with Crippen molar-refractivity contribution < 1.29 is 19.1 Å². The van der Waals surface area contributed by atoms with Crippen LogP contribution in [-0.2, 0) is 30.9 Å². The number of benzene rings is 1. The summed E-state index contributed by atoms with van der Waals surface area (Å²) in [6, 6.07) is 4.27. The number of ether oxygens (including phenoxy) is 2. The van der Waals surface area contributed by atoms with Crippen molar-refractivity contribution in [3.63, 3.8) is 0 Å². The van der Waals surface area contributed by atoms with Gasteiger partial charge >= 0.3 is 11.9 Å². The molecule has 0 fully saturated rings. The third kappa shape index (κ3) is 5.08. The Hall–Kier alpha value is -1.84. The maximum absolute atomic E-state index is 12.2. The van der Waals surface area contributed by atoms with E-state index in [4.69, 9.17) is 9.47 Å². The molecule has 1 rings (SSSR count). The van der Waals surface area contributed by atoms with Crippen molar-refractivity contribution >= 4 is 11.9 Å². The average Bonchev–Trinajstić information content (AvgIpc) is 2.45. The molecule has 0 aliphatic heterocycles. The van der Waals surface area contributed by atoms with Gasteiger partial charge in [0.15, 0.2) is 5.92 Å². The zero-order chi connectivity index (χ0) is 18.5. The molecule has 24 heavy (non-hydrogen) atoms. The predicted molar refractivity (Wildman–Crippen MR) is 95.1 cm³/mol. The second-order valence-electron chi connectivity index (χ2n) is 7.10. The molecule has 4 heteroatoms. The molecule has 0 aliphatic carbocycles. The van der Waals surface area contributed by atoms with Gasteiger partial charge in [0.2, 0.25) is 0 Å². The molecule has 0 atom stereocenters. The zero-order valence-corrected chi connectivity index (χ0v) is 16.0. The average molecular weight is 334 g/mol. The summed E-state index contributed by atoms with van der Waals surface area (Å²) < 4.78 is 10.1. The monoisotopic (exact) mass is 334 g/mol. The van der Waals surface area contributed by atoms with Crippen molar-refractivity contribution in [3.05, 3.63) is 34.4 Å².